The topological polar surface area (TPSA) is 49.4 Å². The third-order valence-electron chi connectivity index (χ3n) is 4.01. The highest BCUT2D eigenvalue weighted by Crippen LogP contribution is 2.40. The van der Waals surface area contributed by atoms with E-state index in [1.807, 2.05) is 109 Å². The first-order chi connectivity index (χ1) is 14.4. The van der Waals surface area contributed by atoms with Crippen LogP contribution in [0.1, 0.15) is 0 Å². The van der Waals surface area contributed by atoms with Crippen molar-refractivity contribution in [2.45, 2.75) is 9.79 Å². The molecule has 0 fully saturated rings. The van der Waals surface area contributed by atoms with Crippen LogP contribution in [0.25, 0.3) is 0 Å². The van der Waals surface area contributed by atoms with Crippen molar-refractivity contribution in [1.29, 1.82) is 0 Å². The highest BCUT2D eigenvalue weighted by atomic mass is 32.2. The number of azo groups is 2. The van der Waals surface area contributed by atoms with E-state index in [-0.39, 0.29) is 0 Å². The molecule has 0 heterocycles. The Hall–Kier alpha value is -3.57. The Balaban J connectivity index is 1.59. The Morgan fingerprint density at radius 3 is 1.21 bits per heavy atom. The summed E-state index contributed by atoms with van der Waals surface area (Å²) < 4.78 is 0. The molecule has 0 aliphatic heterocycles. The van der Waals surface area contributed by atoms with E-state index in [9.17, 15) is 0 Å². The molecular weight excluding hydrogens is 376 g/mol. The maximum Gasteiger partial charge on any atom is 0.0996 e. The predicted octanol–water partition coefficient (Wildman–Crippen LogP) is 8.67. The van der Waals surface area contributed by atoms with Crippen molar-refractivity contribution in [1.82, 2.24) is 0 Å². The molecule has 0 atom stereocenters. The third-order valence-corrected chi connectivity index (χ3v) is 5.14. The molecule has 0 N–H and O–H groups in total. The van der Waals surface area contributed by atoms with E-state index >= 15 is 0 Å². The van der Waals surface area contributed by atoms with E-state index in [0.29, 0.717) is 0 Å². The fourth-order valence-corrected chi connectivity index (χ4v) is 3.54. The lowest BCUT2D eigenvalue weighted by molar-refractivity contribution is 1.18. The zero-order chi connectivity index (χ0) is 19.7. The summed E-state index contributed by atoms with van der Waals surface area (Å²) in [7, 11) is 0. The van der Waals surface area contributed by atoms with Crippen molar-refractivity contribution in [3.63, 3.8) is 0 Å². The highest BCUT2D eigenvalue weighted by molar-refractivity contribution is 7.99. The number of benzene rings is 4. The van der Waals surface area contributed by atoms with Gasteiger partial charge in [-0.15, -0.1) is 10.2 Å². The molecule has 0 amide bonds. The first-order valence-corrected chi connectivity index (χ1v) is 10.00. The van der Waals surface area contributed by atoms with E-state index in [1.54, 1.807) is 11.8 Å². The minimum absolute atomic E-state index is 0.816. The molecule has 0 spiro atoms. The second-order valence-corrected chi connectivity index (χ2v) is 7.19. The van der Waals surface area contributed by atoms with E-state index in [2.05, 4.69) is 20.5 Å². The molecule has 0 bridgehead atoms. The van der Waals surface area contributed by atoms with Crippen LogP contribution in [0.2, 0.25) is 0 Å². The third kappa shape index (κ3) is 5.24. The molecular formula is C24H18N4S. The molecule has 0 saturated carbocycles. The Labute approximate surface area is 174 Å². The minimum atomic E-state index is 0.816. The first kappa shape index (κ1) is 18.8. The van der Waals surface area contributed by atoms with Crippen LogP contribution in [0.3, 0.4) is 0 Å². The van der Waals surface area contributed by atoms with Gasteiger partial charge in [-0.2, -0.15) is 10.2 Å². The summed E-state index contributed by atoms with van der Waals surface area (Å²) in [6, 6.07) is 35.3. The van der Waals surface area contributed by atoms with Crippen LogP contribution in [-0.2, 0) is 0 Å². The highest BCUT2D eigenvalue weighted by Gasteiger charge is 2.07. The summed E-state index contributed by atoms with van der Waals surface area (Å²) >= 11 is 1.60. The van der Waals surface area contributed by atoms with Gasteiger partial charge in [0.05, 0.1) is 22.7 Å². The lowest BCUT2D eigenvalue weighted by atomic mass is 10.3. The molecule has 4 rings (SSSR count). The zero-order valence-corrected chi connectivity index (χ0v) is 16.4. The van der Waals surface area contributed by atoms with Crippen LogP contribution in [0.4, 0.5) is 22.7 Å². The molecule has 0 saturated heterocycles. The van der Waals surface area contributed by atoms with Crippen LogP contribution in [0.15, 0.2) is 139 Å². The van der Waals surface area contributed by atoms with E-state index in [0.717, 1.165) is 32.5 Å². The standard InChI is InChI=1S/C24H18N4S/c1-3-11-19(12-4-1)25-27-21-15-7-9-17-23(21)29-24-18-10-8-16-22(24)28-26-20-13-5-2-6-14-20/h1-18H. The van der Waals surface area contributed by atoms with Gasteiger partial charge >= 0.3 is 0 Å². The summed E-state index contributed by atoms with van der Waals surface area (Å²) in [5.41, 5.74) is 3.28. The summed E-state index contributed by atoms with van der Waals surface area (Å²) in [6.45, 7) is 0. The van der Waals surface area contributed by atoms with Gasteiger partial charge in [0.2, 0.25) is 0 Å². The lowest BCUT2D eigenvalue weighted by Gasteiger charge is -2.07. The van der Waals surface area contributed by atoms with Crippen molar-refractivity contribution in [2.75, 3.05) is 0 Å². The molecule has 4 nitrogen and oxygen atoms in total. The van der Waals surface area contributed by atoms with E-state index in [1.165, 1.54) is 0 Å². The van der Waals surface area contributed by atoms with Gasteiger partial charge in [-0.25, -0.2) is 0 Å². The second kappa shape index (κ2) is 9.57. The number of nitrogens with zero attached hydrogens (tertiary/aromatic N) is 4. The predicted molar refractivity (Wildman–Crippen MR) is 118 cm³/mol. The molecule has 0 aromatic heterocycles. The van der Waals surface area contributed by atoms with Crippen LogP contribution in [-0.4, -0.2) is 0 Å². The average molecular weight is 395 g/mol. The van der Waals surface area contributed by atoms with Gasteiger partial charge in [-0.1, -0.05) is 72.4 Å². The summed E-state index contributed by atoms with van der Waals surface area (Å²) in [6.07, 6.45) is 0. The van der Waals surface area contributed by atoms with Crippen molar-refractivity contribution in [3.8, 4) is 0 Å². The monoisotopic (exact) mass is 394 g/mol. The van der Waals surface area contributed by atoms with Gasteiger partial charge in [0.15, 0.2) is 0 Å². The van der Waals surface area contributed by atoms with Gasteiger partial charge in [0.25, 0.3) is 0 Å². The molecule has 4 aromatic rings. The minimum Gasteiger partial charge on any atom is -0.151 e. The molecule has 29 heavy (non-hydrogen) atoms. The van der Waals surface area contributed by atoms with Gasteiger partial charge < -0.3 is 0 Å². The number of hydrogen-bond acceptors (Lipinski definition) is 5. The van der Waals surface area contributed by atoms with Gasteiger partial charge in [-0.05, 0) is 48.5 Å². The van der Waals surface area contributed by atoms with Crippen molar-refractivity contribution in [2.24, 2.45) is 20.5 Å². The quantitative estimate of drug-likeness (QED) is 0.302. The van der Waals surface area contributed by atoms with Crippen LogP contribution in [0.5, 0.6) is 0 Å². The van der Waals surface area contributed by atoms with Crippen molar-refractivity contribution in [3.05, 3.63) is 109 Å². The smallest absolute Gasteiger partial charge is 0.0996 e. The Morgan fingerprint density at radius 1 is 0.379 bits per heavy atom. The largest absolute Gasteiger partial charge is 0.151 e. The molecule has 0 unspecified atom stereocenters. The van der Waals surface area contributed by atoms with Crippen LogP contribution < -0.4 is 0 Å². The van der Waals surface area contributed by atoms with Gasteiger partial charge in [0.1, 0.15) is 0 Å². The normalized spacial score (nSPS) is 11.3. The Bertz CT molecular complexity index is 1030. The summed E-state index contributed by atoms with van der Waals surface area (Å²) in [5.74, 6) is 0. The number of rotatable bonds is 6. The molecule has 5 heteroatoms. The SMILES string of the molecule is c1ccc(N=Nc2ccccc2Sc2ccccc2N=Nc2ccccc2)cc1. The summed E-state index contributed by atoms with van der Waals surface area (Å²) in [5, 5.41) is 17.6. The molecule has 4 aromatic carbocycles. The zero-order valence-electron chi connectivity index (χ0n) is 15.6. The number of hydrogen-bond donors (Lipinski definition) is 0. The van der Waals surface area contributed by atoms with Crippen LogP contribution >= 0.6 is 11.8 Å². The van der Waals surface area contributed by atoms with Crippen molar-refractivity contribution >= 4 is 34.5 Å². The Morgan fingerprint density at radius 2 is 0.759 bits per heavy atom. The average Bonchev–Trinajstić information content (AvgIpc) is 2.79. The molecule has 0 aliphatic carbocycles. The Kier molecular flexibility index (Phi) is 6.20. The van der Waals surface area contributed by atoms with Gasteiger partial charge in [-0.3, -0.25) is 0 Å². The van der Waals surface area contributed by atoms with E-state index < -0.39 is 0 Å². The summed E-state index contributed by atoms with van der Waals surface area (Å²) in [4.78, 5) is 2.02. The fourth-order valence-electron chi connectivity index (χ4n) is 2.58. The molecule has 0 radical (unpaired) electrons. The lowest BCUT2D eigenvalue weighted by Crippen LogP contribution is -1.76. The molecule has 140 valence electrons. The first-order valence-electron chi connectivity index (χ1n) is 9.18. The fraction of sp³-hybridized carbons (Fsp3) is 0. The van der Waals surface area contributed by atoms with Crippen molar-refractivity contribution < 1.29 is 0 Å². The molecule has 0 aliphatic rings. The maximum absolute atomic E-state index is 4.45. The maximum atomic E-state index is 4.45. The van der Waals surface area contributed by atoms with Crippen LogP contribution in [0, 0.1) is 0 Å². The van der Waals surface area contributed by atoms with E-state index in [4.69, 9.17) is 0 Å². The second-order valence-electron chi connectivity index (χ2n) is 6.11. The van der Waals surface area contributed by atoms with Gasteiger partial charge in [0, 0.05) is 9.79 Å².